The molecule has 0 N–H and O–H groups in total. The van der Waals surface area contributed by atoms with Gasteiger partial charge in [0.25, 0.3) is 0 Å². The molecule has 1 aliphatic carbocycles. The van der Waals surface area contributed by atoms with Crippen LogP contribution in [0, 0.1) is 16.7 Å². The van der Waals surface area contributed by atoms with E-state index < -0.39 is 0 Å². The Hall–Kier alpha value is -0.220. The average Bonchev–Trinajstić information content (AvgIpc) is 2.41. The van der Waals surface area contributed by atoms with Crippen molar-refractivity contribution in [2.75, 3.05) is 0 Å². The van der Waals surface area contributed by atoms with Crippen LogP contribution in [-0.4, -0.2) is 10.2 Å². The SMILES string of the molecule is CC(C)(C)C(=O)S/C=C(\SC(=O)C(C)(C)C)C1CCCCC1. The Morgan fingerprint density at radius 2 is 1.36 bits per heavy atom. The molecule has 1 rings (SSSR count). The Morgan fingerprint density at radius 3 is 1.82 bits per heavy atom. The van der Waals surface area contributed by atoms with E-state index in [1.54, 1.807) is 0 Å². The maximum Gasteiger partial charge on any atom is 0.198 e. The number of carbonyl (C=O) groups is 2. The molecule has 2 nitrogen and oxygen atoms in total. The Kier molecular flexibility index (Phi) is 7.25. The summed E-state index contributed by atoms with van der Waals surface area (Å²) in [5.74, 6) is 0.449. The number of rotatable bonds is 3. The minimum absolute atomic E-state index is 0.157. The summed E-state index contributed by atoms with van der Waals surface area (Å²) in [5.41, 5.74) is -0.700. The Bertz CT molecular complexity index is 433. The van der Waals surface area contributed by atoms with Crippen LogP contribution in [0.2, 0.25) is 0 Å². The molecule has 0 aromatic rings. The largest absolute Gasteiger partial charge is 0.286 e. The van der Waals surface area contributed by atoms with Crippen molar-refractivity contribution >= 4 is 33.8 Å². The average molecular weight is 343 g/mol. The standard InChI is InChI=1S/C18H30O2S2/c1-17(2,3)15(19)21-12-14(13-10-8-7-9-11-13)22-16(20)18(4,5)6/h12-13H,7-11H2,1-6H3/b14-12-. The smallest absolute Gasteiger partial charge is 0.198 e. The number of carbonyl (C=O) groups excluding carboxylic acids is 2. The van der Waals surface area contributed by atoms with Crippen LogP contribution < -0.4 is 0 Å². The lowest BCUT2D eigenvalue weighted by atomic mass is 9.89. The van der Waals surface area contributed by atoms with Crippen LogP contribution in [0.1, 0.15) is 73.6 Å². The highest BCUT2D eigenvalue weighted by atomic mass is 32.2. The summed E-state index contributed by atoms with van der Waals surface area (Å²) in [6, 6.07) is 0. The minimum atomic E-state index is -0.350. The molecule has 0 heterocycles. The van der Waals surface area contributed by atoms with Gasteiger partial charge in [-0.15, -0.1) is 0 Å². The monoisotopic (exact) mass is 342 g/mol. The Balaban J connectivity index is 2.86. The first-order valence-electron chi connectivity index (χ1n) is 8.15. The highest BCUT2D eigenvalue weighted by molar-refractivity contribution is 8.19. The van der Waals surface area contributed by atoms with Gasteiger partial charge in [-0.05, 0) is 24.2 Å². The van der Waals surface area contributed by atoms with E-state index in [-0.39, 0.29) is 21.1 Å². The lowest BCUT2D eigenvalue weighted by Gasteiger charge is -2.26. The molecular formula is C18H30O2S2. The third-order valence-electron chi connectivity index (χ3n) is 3.72. The van der Waals surface area contributed by atoms with Crippen LogP contribution in [0.5, 0.6) is 0 Å². The fourth-order valence-electron chi connectivity index (χ4n) is 2.14. The minimum Gasteiger partial charge on any atom is -0.286 e. The van der Waals surface area contributed by atoms with E-state index in [0.717, 1.165) is 17.7 Å². The highest BCUT2D eigenvalue weighted by Crippen LogP contribution is 2.40. The molecule has 126 valence electrons. The normalized spacial score (nSPS) is 18.4. The molecule has 0 spiro atoms. The second-order valence-electron chi connectivity index (χ2n) is 8.15. The van der Waals surface area contributed by atoms with E-state index >= 15 is 0 Å². The Morgan fingerprint density at radius 1 is 0.864 bits per heavy atom. The van der Waals surface area contributed by atoms with Crippen molar-refractivity contribution in [1.29, 1.82) is 0 Å². The summed E-state index contributed by atoms with van der Waals surface area (Å²) in [6.45, 7) is 11.7. The van der Waals surface area contributed by atoms with Crippen molar-refractivity contribution in [2.45, 2.75) is 73.6 Å². The number of thioether (sulfide) groups is 2. The molecule has 0 saturated heterocycles. The van der Waals surface area contributed by atoms with E-state index in [9.17, 15) is 9.59 Å². The summed E-state index contributed by atoms with van der Waals surface area (Å²) >= 11 is 2.62. The molecule has 4 heteroatoms. The lowest BCUT2D eigenvalue weighted by Crippen LogP contribution is -2.19. The Labute approximate surface area is 144 Å². The topological polar surface area (TPSA) is 34.1 Å². The summed E-state index contributed by atoms with van der Waals surface area (Å²) in [4.78, 5) is 25.6. The molecule has 0 aromatic heterocycles. The van der Waals surface area contributed by atoms with Crippen molar-refractivity contribution < 1.29 is 9.59 Å². The predicted octanol–water partition coefficient (Wildman–Crippen LogP) is 6.02. The predicted molar refractivity (Wildman–Crippen MR) is 98.8 cm³/mol. The van der Waals surface area contributed by atoms with Crippen molar-refractivity contribution in [3.8, 4) is 0 Å². The zero-order valence-corrected chi connectivity index (χ0v) is 16.5. The van der Waals surface area contributed by atoms with E-state index in [2.05, 4.69) is 0 Å². The molecule has 0 atom stereocenters. The molecule has 1 saturated carbocycles. The zero-order chi connectivity index (χ0) is 17.0. The van der Waals surface area contributed by atoms with Gasteiger partial charge in [0.15, 0.2) is 10.2 Å². The fourth-order valence-corrected chi connectivity index (χ4v) is 4.17. The summed E-state index contributed by atoms with van der Waals surface area (Å²) in [6.07, 6.45) is 6.02. The maximum absolute atomic E-state index is 12.4. The van der Waals surface area contributed by atoms with Crippen LogP contribution in [0.4, 0.5) is 0 Å². The fraction of sp³-hybridized carbons (Fsp3) is 0.778. The molecule has 0 bridgehead atoms. The quantitative estimate of drug-likeness (QED) is 0.628. The third-order valence-corrected chi connectivity index (χ3v) is 6.56. The van der Waals surface area contributed by atoms with Crippen LogP contribution in [0.25, 0.3) is 0 Å². The molecule has 1 fully saturated rings. The summed E-state index contributed by atoms with van der Waals surface area (Å²) < 4.78 is 0. The first-order chi connectivity index (χ1) is 10.0. The number of hydrogen-bond acceptors (Lipinski definition) is 4. The van der Waals surface area contributed by atoms with Crippen molar-refractivity contribution in [2.24, 2.45) is 16.7 Å². The van der Waals surface area contributed by atoms with E-state index in [0.29, 0.717) is 5.92 Å². The summed E-state index contributed by atoms with van der Waals surface area (Å²) in [7, 11) is 0. The second kappa shape index (κ2) is 8.05. The van der Waals surface area contributed by atoms with Gasteiger partial charge >= 0.3 is 0 Å². The van der Waals surface area contributed by atoms with Gasteiger partial charge in [0, 0.05) is 15.7 Å². The number of hydrogen-bond donors (Lipinski definition) is 0. The molecular weight excluding hydrogens is 312 g/mol. The van der Waals surface area contributed by atoms with Gasteiger partial charge in [0.05, 0.1) is 0 Å². The van der Waals surface area contributed by atoms with Gasteiger partial charge in [-0.1, -0.05) is 84.3 Å². The van der Waals surface area contributed by atoms with Gasteiger partial charge in [0.1, 0.15) is 0 Å². The van der Waals surface area contributed by atoms with Crippen molar-refractivity contribution in [1.82, 2.24) is 0 Å². The maximum atomic E-state index is 12.4. The van der Waals surface area contributed by atoms with Gasteiger partial charge in [-0.3, -0.25) is 9.59 Å². The van der Waals surface area contributed by atoms with Gasteiger partial charge in [-0.25, -0.2) is 0 Å². The molecule has 0 amide bonds. The molecule has 1 aliphatic rings. The number of allylic oxidation sites excluding steroid dienone is 1. The zero-order valence-electron chi connectivity index (χ0n) is 14.8. The van der Waals surface area contributed by atoms with E-state index in [1.165, 1.54) is 42.8 Å². The second-order valence-corrected chi connectivity index (χ2v) is 10.0. The van der Waals surface area contributed by atoms with Gasteiger partial charge in [0.2, 0.25) is 0 Å². The van der Waals surface area contributed by atoms with Crippen LogP contribution in [0.15, 0.2) is 10.3 Å². The van der Waals surface area contributed by atoms with E-state index in [1.807, 2.05) is 47.0 Å². The molecule has 0 unspecified atom stereocenters. The lowest BCUT2D eigenvalue weighted by molar-refractivity contribution is -0.118. The van der Waals surface area contributed by atoms with Crippen LogP contribution >= 0.6 is 23.5 Å². The van der Waals surface area contributed by atoms with Gasteiger partial charge in [-0.2, -0.15) is 0 Å². The van der Waals surface area contributed by atoms with Crippen molar-refractivity contribution in [3.63, 3.8) is 0 Å². The van der Waals surface area contributed by atoms with Crippen LogP contribution in [0.3, 0.4) is 0 Å². The highest BCUT2D eigenvalue weighted by Gasteiger charge is 2.28. The molecule has 0 aromatic carbocycles. The van der Waals surface area contributed by atoms with Crippen molar-refractivity contribution in [3.05, 3.63) is 10.3 Å². The third kappa shape index (κ3) is 6.49. The van der Waals surface area contributed by atoms with Gasteiger partial charge < -0.3 is 0 Å². The van der Waals surface area contributed by atoms with Crippen LogP contribution in [-0.2, 0) is 9.59 Å². The molecule has 0 radical (unpaired) electrons. The first kappa shape index (κ1) is 19.8. The molecule has 22 heavy (non-hydrogen) atoms. The first-order valence-corrected chi connectivity index (χ1v) is 9.85. The molecule has 0 aliphatic heterocycles. The van der Waals surface area contributed by atoms with E-state index in [4.69, 9.17) is 0 Å². The summed E-state index contributed by atoms with van der Waals surface area (Å²) in [5, 5.41) is 2.30.